The summed E-state index contributed by atoms with van der Waals surface area (Å²) in [4.78, 5) is 10.3. The van der Waals surface area contributed by atoms with Gasteiger partial charge in [-0.1, -0.05) is 24.3 Å². The Morgan fingerprint density at radius 2 is 1.70 bits per heavy atom. The molecule has 0 aliphatic rings. The lowest BCUT2D eigenvalue weighted by atomic mass is 9.99. The van der Waals surface area contributed by atoms with Crippen LogP contribution >= 0.6 is 11.3 Å². The summed E-state index contributed by atoms with van der Waals surface area (Å²) < 4.78 is 0. The van der Waals surface area contributed by atoms with Crippen LogP contribution in [0.2, 0.25) is 0 Å². The number of rotatable bonds is 4. The number of nitrogens with zero attached hydrogens (tertiary/aromatic N) is 2. The van der Waals surface area contributed by atoms with Gasteiger partial charge in [0.1, 0.15) is 17.1 Å². The van der Waals surface area contributed by atoms with E-state index in [-0.39, 0.29) is 11.8 Å². The number of aryl methyl sites for hydroxylation is 3. The summed E-state index contributed by atoms with van der Waals surface area (Å²) >= 11 is 1.67. The van der Waals surface area contributed by atoms with Crippen LogP contribution in [0, 0.1) is 20.8 Å². The average molecular weight is 375 g/mol. The minimum absolute atomic E-state index is 0.203. The summed E-state index contributed by atoms with van der Waals surface area (Å²) in [6.45, 7) is 5.99. The fourth-order valence-corrected chi connectivity index (χ4v) is 4.25. The highest BCUT2D eigenvalue weighted by molar-refractivity contribution is 7.10. The molecule has 27 heavy (non-hydrogen) atoms. The molecule has 0 aliphatic heterocycles. The predicted molar refractivity (Wildman–Crippen MR) is 112 cm³/mol. The largest absolute Gasteiger partial charge is 0.505 e. The molecule has 1 atom stereocenters. The SMILES string of the molecule is Cc1cccc(NC(c2ccc3ccc(C)nc3c2O)c2sccc2C)n1. The molecule has 4 rings (SSSR count). The molecule has 4 aromatic rings. The van der Waals surface area contributed by atoms with Gasteiger partial charge in [0.15, 0.2) is 0 Å². The van der Waals surface area contributed by atoms with Crippen molar-refractivity contribution in [2.45, 2.75) is 26.8 Å². The molecule has 0 fully saturated rings. The first-order valence-electron chi connectivity index (χ1n) is 8.86. The van der Waals surface area contributed by atoms with Crippen LogP contribution in [0.3, 0.4) is 0 Å². The summed E-state index contributed by atoms with van der Waals surface area (Å²) in [6.07, 6.45) is 0. The number of fused-ring (bicyclic) bond motifs is 1. The molecule has 3 heterocycles. The number of phenols is 1. The molecule has 3 aromatic heterocycles. The van der Waals surface area contributed by atoms with E-state index < -0.39 is 0 Å². The van der Waals surface area contributed by atoms with E-state index in [9.17, 15) is 5.11 Å². The zero-order valence-electron chi connectivity index (χ0n) is 15.5. The quantitative estimate of drug-likeness (QED) is 0.493. The number of aromatic hydroxyl groups is 1. The number of hydrogen-bond acceptors (Lipinski definition) is 5. The molecule has 136 valence electrons. The van der Waals surface area contributed by atoms with Crippen molar-refractivity contribution in [3.63, 3.8) is 0 Å². The number of benzene rings is 1. The van der Waals surface area contributed by atoms with Crippen molar-refractivity contribution >= 4 is 28.1 Å². The van der Waals surface area contributed by atoms with E-state index >= 15 is 0 Å². The maximum absolute atomic E-state index is 11.0. The lowest BCUT2D eigenvalue weighted by molar-refractivity contribution is 0.472. The van der Waals surface area contributed by atoms with E-state index in [4.69, 9.17) is 0 Å². The first-order chi connectivity index (χ1) is 13.0. The summed E-state index contributed by atoms with van der Waals surface area (Å²) in [5, 5.41) is 17.6. The monoisotopic (exact) mass is 375 g/mol. The second kappa shape index (κ2) is 7.00. The van der Waals surface area contributed by atoms with Gasteiger partial charge in [-0.05, 0) is 56.0 Å². The van der Waals surface area contributed by atoms with Crippen LogP contribution in [0.5, 0.6) is 5.75 Å². The Labute approximate surface area is 162 Å². The van der Waals surface area contributed by atoms with Crippen LogP contribution in [0.25, 0.3) is 10.9 Å². The molecule has 0 aliphatic carbocycles. The second-order valence-electron chi connectivity index (χ2n) is 6.74. The van der Waals surface area contributed by atoms with Crippen molar-refractivity contribution in [1.29, 1.82) is 0 Å². The third kappa shape index (κ3) is 3.38. The Balaban J connectivity index is 1.87. The highest BCUT2D eigenvalue weighted by Crippen LogP contribution is 2.39. The number of hydrogen-bond donors (Lipinski definition) is 2. The molecule has 0 saturated carbocycles. The molecule has 0 bridgehead atoms. The topological polar surface area (TPSA) is 58.0 Å². The Morgan fingerprint density at radius 1 is 0.926 bits per heavy atom. The molecule has 1 aromatic carbocycles. The fourth-order valence-electron chi connectivity index (χ4n) is 3.26. The van der Waals surface area contributed by atoms with Crippen LogP contribution in [0.4, 0.5) is 5.82 Å². The van der Waals surface area contributed by atoms with Gasteiger partial charge in [-0.25, -0.2) is 9.97 Å². The van der Waals surface area contributed by atoms with Gasteiger partial charge in [0, 0.05) is 27.2 Å². The van der Waals surface area contributed by atoms with Crippen LogP contribution in [0.15, 0.2) is 53.9 Å². The molecule has 2 N–H and O–H groups in total. The van der Waals surface area contributed by atoms with Gasteiger partial charge in [0.25, 0.3) is 0 Å². The number of pyridine rings is 2. The first-order valence-corrected chi connectivity index (χ1v) is 9.74. The van der Waals surface area contributed by atoms with Crippen LogP contribution in [-0.2, 0) is 0 Å². The van der Waals surface area contributed by atoms with Gasteiger partial charge >= 0.3 is 0 Å². The van der Waals surface area contributed by atoms with Gasteiger partial charge in [-0.3, -0.25) is 0 Å². The van der Waals surface area contributed by atoms with Crippen LogP contribution in [-0.4, -0.2) is 15.1 Å². The van der Waals surface area contributed by atoms with Gasteiger partial charge in [0.2, 0.25) is 0 Å². The van der Waals surface area contributed by atoms with E-state index in [2.05, 4.69) is 33.7 Å². The normalized spacial score (nSPS) is 12.3. The summed E-state index contributed by atoms with van der Waals surface area (Å²) in [5.74, 6) is 0.999. The molecular weight excluding hydrogens is 354 g/mol. The Hall–Kier alpha value is -2.92. The molecule has 0 amide bonds. The van der Waals surface area contributed by atoms with Gasteiger partial charge in [-0.15, -0.1) is 11.3 Å². The van der Waals surface area contributed by atoms with Gasteiger partial charge in [-0.2, -0.15) is 0 Å². The van der Waals surface area contributed by atoms with Crippen molar-refractivity contribution < 1.29 is 5.11 Å². The molecule has 5 heteroatoms. The van der Waals surface area contributed by atoms with Crippen molar-refractivity contribution in [2.24, 2.45) is 0 Å². The molecule has 0 radical (unpaired) electrons. The third-order valence-corrected chi connectivity index (χ3v) is 5.75. The predicted octanol–water partition coefficient (Wildman–Crippen LogP) is 5.52. The van der Waals surface area contributed by atoms with E-state index in [1.807, 2.05) is 56.3 Å². The Kier molecular flexibility index (Phi) is 4.54. The lowest BCUT2D eigenvalue weighted by Gasteiger charge is -2.21. The van der Waals surface area contributed by atoms with Crippen LogP contribution in [0.1, 0.15) is 33.4 Å². The maximum Gasteiger partial charge on any atom is 0.147 e. The number of thiophene rings is 1. The maximum atomic E-state index is 11.0. The van der Waals surface area contributed by atoms with E-state index in [0.29, 0.717) is 5.52 Å². The third-order valence-electron chi connectivity index (χ3n) is 4.66. The van der Waals surface area contributed by atoms with E-state index in [1.54, 1.807) is 11.3 Å². The molecule has 4 nitrogen and oxygen atoms in total. The van der Waals surface area contributed by atoms with Crippen molar-refractivity contribution in [3.8, 4) is 5.75 Å². The molecule has 0 spiro atoms. The first kappa shape index (κ1) is 17.5. The summed E-state index contributed by atoms with van der Waals surface area (Å²) in [5.41, 5.74) is 4.44. The van der Waals surface area contributed by atoms with Crippen molar-refractivity contribution in [2.75, 3.05) is 5.32 Å². The molecular formula is C22H21N3OS. The Morgan fingerprint density at radius 3 is 2.44 bits per heavy atom. The van der Waals surface area contributed by atoms with Gasteiger partial charge in [0.05, 0.1) is 6.04 Å². The smallest absolute Gasteiger partial charge is 0.147 e. The summed E-state index contributed by atoms with van der Waals surface area (Å²) in [7, 11) is 0. The number of nitrogens with one attached hydrogen (secondary N) is 1. The van der Waals surface area contributed by atoms with Crippen molar-refractivity contribution in [1.82, 2.24) is 9.97 Å². The number of anilines is 1. The van der Waals surface area contributed by atoms with E-state index in [1.165, 1.54) is 5.56 Å². The zero-order valence-corrected chi connectivity index (χ0v) is 16.3. The highest BCUT2D eigenvalue weighted by Gasteiger charge is 2.23. The Bertz CT molecular complexity index is 1120. The molecule has 0 saturated heterocycles. The number of aromatic nitrogens is 2. The summed E-state index contributed by atoms with van der Waals surface area (Å²) in [6, 6.07) is 15.7. The zero-order chi connectivity index (χ0) is 19.0. The number of phenolic OH excluding ortho intramolecular Hbond substituents is 1. The van der Waals surface area contributed by atoms with E-state index in [0.717, 1.165) is 33.0 Å². The highest BCUT2D eigenvalue weighted by atomic mass is 32.1. The average Bonchev–Trinajstić information content (AvgIpc) is 3.07. The second-order valence-corrected chi connectivity index (χ2v) is 7.68. The van der Waals surface area contributed by atoms with Gasteiger partial charge < -0.3 is 10.4 Å². The fraction of sp³-hybridized carbons (Fsp3) is 0.182. The molecule has 1 unspecified atom stereocenters. The lowest BCUT2D eigenvalue weighted by Crippen LogP contribution is -2.13. The van der Waals surface area contributed by atoms with Crippen molar-refractivity contribution in [3.05, 3.63) is 81.3 Å². The standard InChI is InChI=1S/C22H21N3OS/c1-13-11-12-27-22(13)20(25-18-6-4-5-14(2)23-18)17-10-9-16-8-7-15(3)24-19(16)21(17)26/h4-12,20,26H,1-3H3,(H,23,25). The minimum Gasteiger partial charge on any atom is -0.505 e. The minimum atomic E-state index is -0.203. The van der Waals surface area contributed by atoms with Crippen LogP contribution < -0.4 is 5.32 Å².